The van der Waals surface area contributed by atoms with Gasteiger partial charge in [-0.1, -0.05) is 0 Å². The van der Waals surface area contributed by atoms with Crippen LogP contribution in [0.15, 0.2) is 12.3 Å². The van der Waals surface area contributed by atoms with E-state index in [0.29, 0.717) is 12.2 Å². The van der Waals surface area contributed by atoms with Crippen LogP contribution in [-0.4, -0.2) is 18.1 Å². The van der Waals surface area contributed by atoms with Crippen molar-refractivity contribution in [3.63, 3.8) is 0 Å². The molecule has 0 aromatic carbocycles. The Morgan fingerprint density at radius 2 is 2.33 bits per heavy atom. The molecule has 4 nitrogen and oxygen atoms in total. The second-order valence-corrected chi connectivity index (χ2v) is 4.16. The third kappa shape index (κ3) is 1.51. The van der Waals surface area contributed by atoms with Crippen molar-refractivity contribution in [3.8, 4) is 0 Å². The van der Waals surface area contributed by atoms with E-state index in [1.807, 2.05) is 6.07 Å². The van der Waals surface area contributed by atoms with Crippen molar-refractivity contribution in [1.82, 2.24) is 10.3 Å². The van der Waals surface area contributed by atoms with Gasteiger partial charge in [0.2, 0.25) is 0 Å². The maximum atomic E-state index is 11.5. The summed E-state index contributed by atoms with van der Waals surface area (Å²) in [5.74, 6) is -0.369. The first-order valence-corrected chi connectivity index (χ1v) is 4.88. The van der Waals surface area contributed by atoms with Gasteiger partial charge in [-0.3, -0.25) is 0 Å². The second kappa shape index (κ2) is 3.31. The summed E-state index contributed by atoms with van der Waals surface area (Å²) in [5, 5.41) is 3.33. The zero-order valence-electron chi connectivity index (χ0n) is 9.13. The lowest BCUT2D eigenvalue weighted by Crippen LogP contribution is -2.28. The maximum absolute atomic E-state index is 11.5. The van der Waals surface area contributed by atoms with Gasteiger partial charge in [-0.15, -0.1) is 0 Å². The van der Waals surface area contributed by atoms with E-state index in [1.54, 1.807) is 6.20 Å². The highest BCUT2D eigenvalue weighted by Gasteiger charge is 2.32. The average Bonchev–Trinajstić information content (AvgIpc) is 2.54. The summed E-state index contributed by atoms with van der Waals surface area (Å²) in [6.07, 6.45) is 1.65. The second-order valence-electron chi connectivity index (χ2n) is 4.16. The Labute approximate surface area is 88.7 Å². The molecule has 0 saturated carbocycles. The number of carbonyl (C=O) groups is 1. The third-order valence-electron chi connectivity index (χ3n) is 2.81. The van der Waals surface area contributed by atoms with Crippen LogP contribution in [0, 0.1) is 0 Å². The fraction of sp³-hybridized carbons (Fsp3) is 0.455. The molecule has 2 heterocycles. The first-order chi connectivity index (χ1) is 7.06. The standard InChI is InChI=1S/C11H14N2O2/c1-11(2)8-4-5-12-9(10(14)15-3)7(8)6-13-11/h4-5,13H,6H2,1-3H3. The monoisotopic (exact) mass is 206 g/mol. The molecule has 2 rings (SSSR count). The van der Waals surface area contributed by atoms with Gasteiger partial charge in [-0.2, -0.15) is 0 Å². The Morgan fingerprint density at radius 3 is 3.00 bits per heavy atom. The number of hydrogen-bond acceptors (Lipinski definition) is 4. The lowest BCUT2D eigenvalue weighted by atomic mass is 9.95. The first kappa shape index (κ1) is 10.1. The predicted molar refractivity (Wildman–Crippen MR) is 55.4 cm³/mol. The van der Waals surface area contributed by atoms with Gasteiger partial charge in [-0.25, -0.2) is 9.78 Å². The summed E-state index contributed by atoms with van der Waals surface area (Å²) < 4.78 is 4.70. The molecule has 0 aliphatic carbocycles. The topological polar surface area (TPSA) is 51.2 Å². The van der Waals surface area contributed by atoms with E-state index in [0.717, 1.165) is 11.1 Å². The minimum absolute atomic E-state index is 0.0962. The van der Waals surface area contributed by atoms with E-state index in [4.69, 9.17) is 4.74 Å². The smallest absolute Gasteiger partial charge is 0.356 e. The highest BCUT2D eigenvalue weighted by molar-refractivity contribution is 5.89. The number of nitrogens with zero attached hydrogens (tertiary/aromatic N) is 1. The molecular formula is C11H14N2O2. The molecule has 1 aliphatic heterocycles. The Kier molecular flexibility index (Phi) is 2.23. The first-order valence-electron chi connectivity index (χ1n) is 4.88. The molecular weight excluding hydrogens is 192 g/mol. The van der Waals surface area contributed by atoms with Crippen molar-refractivity contribution in [2.24, 2.45) is 0 Å². The van der Waals surface area contributed by atoms with Crippen molar-refractivity contribution in [3.05, 3.63) is 29.1 Å². The van der Waals surface area contributed by atoms with Crippen LogP contribution in [0.25, 0.3) is 0 Å². The molecule has 1 aliphatic rings. The van der Waals surface area contributed by atoms with Gasteiger partial charge in [0.05, 0.1) is 7.11 Å². The molecule has 0 fully saturated rings. The third-order valence-corrected chi connectivity index (χ3v) is 2.81. The molecule has 0 unspecified atom stereocenters. The van der Waals surface area contributed by atoms with Crippen molar-refractivity contribution >= 4 is 5.97 Å². The number of fused-ring (bicyclic) bond motifs is 1. The highest BCUT2D eigenvalue weighted by Crippen LogP contribution is 2.31. The number of esters is 1. The molecule has 0 spiro atoms. The summed E-state index contributed by atoms with van der Waals surface area (Å²) >= 11 is 0. The average molecular weight is 206 g/mol. The number of methoxy groups -OCH3 is 1. The van der Waals surface area contributed by atoms with E-state index in [2.05, 4.69) is 24.1 Å². The lowest BCUT2D eigenvalue weighted by molar-refractivity contribution is 0.0592. The number of nitrogens with one attached hydrogen (secondary N) is 1. The van der Waals surface area contributed by atoms with Gasteiger partial charge >= 0.3 is 5.97 Å². The fourth-order valence-corrected chi connectivity index (χ4v) is 1.93. The molecule has 1 N–H and O–H groups in total. The van der Waals surface area contributed by atoms with Crippen LogP contribution in [0.5, 0.6) is 0 Å². The van der Waals surface area contributed by atoms with E-state index in [-0.39, 0.29) is 11.5 Å². The normalized spacial score (nSPS) is 17.3. The number of rotatable bonds is 1. The highest BCUT2D eigenvalue weighted by atomic mass is 16.5. The zero-order valence-corrected chi connectivity index (χ0v) is 9.13. The Hall–Kier alpha value is -1.42. The molecule has 0 radical (unpaired) electrons. The van der Waals surface area contributed by atoms with Crippen molar-refractivity contribution < 1.29 is 9.53 Å². The SMILES string of the molecule is COC(=O)c1nccc2c1CNC2(C)C. The van der Waals surface area contributed by atoms with Crippen LogP contribution in [0.4, 0.5) is 0 Å². The Balaban J connectivity index is 2.54. The number of carbonyl (C=O) groups excluding carboxylic acids is 1. The number of ether oxygens (including phenoxy) is 1. The van der Waals surface area contributed by atoms with E-state index in [9.17, 15) is 4.79 Å². The summed E-state index contributed by atoms with van der Waals surface area (Å²) in [7, 11) is 1.37. The zero-order chi connectivity index (χ0) is 11.1. The maximum Gasteiger partial charge on any atom is 0.356 e. The van der Waals surface area contributed by atoms with Crippen LogP contribution >= 0.6 is 0 Å². The van der Waals surface area contributed by atoms with Crippen LogP contribution in [0.3, 0.4) is 0 Å². The minimum Gasteiger partial charge on any atom is -0.464 e. The molecule has 1 aromatic rings. The van der Waals surface area contributed by atoms with Gasteiger partial charge in [0.25, 0.3) is 0 Å². The van der Waals surface area contributed by atoms with E-state index < -0.39 is 0 Å². The Morgan fingerprint density at radius 1 is 1.60 bits per heavy atom. The lowest BCUT2D eigenvalue weighted by Gasteiger charge is -2.19. The van der Waals surface area contributed by atoms with Gasteiger partial charge in [0.15, 0.2) is 5.69 Å². The van der Waals surface area contributed by atoms with Crippen molar-refractivity contribution in [1.29, 1.82) is 0 Å². The van der Waals surface area contributed by atoms with Crippen LogP contribution < -0.4 is 5.32 Å². The van der Waals surface area contributed by atoms with Crippen LogP contribution in [0.2, 0.25) is 0 Å². The molecule has 80 valence electrons. The molecule has 0 amide bonds. The summed E-state index contributed by atoms with van der Waals surface area (Å²) in [6.45, 7) is 4.83. The molecule has 0 bridgehead atoms. The van der Waals surface area contributed by atoms with Gasteiger partial charge in [0.1, 0.15) is 0 Å². The quantitative estimate of drug-likeness (QED) is 0.702. The molecule has 4 heteroatoms. The summed E-state index contributed by atoms with van der Waals surface area (Å²) in [6, 6.07) is 1.95. The van der Waals surface area contributed by atoms with Gasteiger partial charge in [-0.05, 0) is 25.5 Å². The minimum atomic E-state index is -0.369. The molecule has 1 aromatic heterocycles. The van der Waals surface area contributed by atoms with E-state index >= 15 is 0 Å². The summed E-state index contributed by atoms with van der Waals surface area (Å²) in [5.41, 5.74) is 2.40. The van der Waals surface area contributed by atoms with Crippen molar-refractivity contribution in [2.45, 2.75) is 25.9 Å². The fourth-order valence-electron chi connectivity index (χ4n) is 1.93. The van der Waals surface area contributed by atoms with Gasteiger partial charge in [0, 0.05) is 23.8 Å². The molecule has 0 saturated heterocycles. The van der Waals surface area contributed by atoms with E-state index in [1.165, 1.54) is 7.11 Å². The van der Waals surface area contributed by atoms with Crippen LogP contribution in [0.1, 0.15) is 35.5 Å². The van der Waals surface area contributed by atoms with Crippen LogP contribution in [-0.2, 0) is 16.8 Å². The molecule has 0 atom stereocenters. The summed E-state index contributed by atoms with van der Waals surface area (Å²) in [4.78, 5) is 15.5. The predicted octanol–water partition coefficient (Wildman–Crippen LogP) is 1.21. The molecule has 15 heavy (non-hydrogen) atoms. The van der Waals surface area contributed by atoms with Gasteiger partial charge < -0.3 is 10.1 Å². The van der Waals surface area contributed by atoms with Crippen molar-refractivity contribution in [2.75, 3.05) is 7.11 Å². The number of hydrogen-bond donors (Lipinski definition) is 1. The number of aromatic nitrogens is 1. The number of pyridine rings is 1. The largest absolute Gasteiger partial charge is 0.464 e. The Bertz CT molecular complexity index is 413.